The van der Waals surface area contributed by atoms with E-state index in [9.17, 15) is 4.79 Å². The summed E-state index contributed by atoms with van der Waals surface area (Å²) in [6.07, 6.45) is 0.574. The first-order valence-electron chi connectivity index (χ1n) is 8.11. The summed E-state index contributed by atoms with van der Waals surface area (Å²) < 4.78 is 5.45. The number of ether oxygens (including phenoxy) is 1. The lowest BCUT2D eigenvalue weighted by Gasteiger charge is -2.35. The molecule has 0 unspecified atom stereocenters. The van der Waals surface area contributed by atoms with Gasteiger partial charge in [0.05, 0.1) is 7.11 Å². The summed E-state index contributed by atoms with van der Waals surface area (Å²) in [7, 11) is 1.67. The minimum absolute atomic E-state index is 0.231. The van der Waals surface area contributed by atoms with Gasteiger partial charge in [-0.2, -0.15) is 0 Å². The SMILES string of the molecule is CCC(=O)N1CCN(c2cc(C)c3cccc(OC)c3n2)CC1. The molecule has 0 aliphatic carbocycles. The molecule has 1 saturated heterocycles. The molecule has 1 aliphatic rings. The Balaban J connectivity index is 1.88. The van der Waals surface area contributed by atoms with Gasteiger partial charge in [-0.15, -0.1) is 0 Å². The predicted molar refractivity (Wildman–Crippen MR) is 92.1 cm³/mol. The van der Waals surface area contributed by atoms with Gasteiger partial charge in [0.25, 0.3) is 0 Å². The lowest BCUT2D eigenvalue weighted by molar-refractivity contribution is -0.131. The summed E-state index contributed by atoms with van der Waals surface area (Å²) in [5, 5.41) is 1.12. The number of aryl methyl sites for hydroxylation is 1. The van der Waals surface area contributed by atoms with Crippen LogP contribution in [-0.4, -0.2) is 49.1 Å². The molecule has 0 radical (unpaired) electrons. The van der Waals surface area contributed by atoms with Crippen LogP contribution in [0.25, 0.3) is 10.9 Å². The van der Waals surface area contributed by atoms with E-state index in [-0.39, 0.29) is 5.91 Å². The van der Waals surface area contributed by atoms with Gasteiger partial charge in [0, 0.05) is 38.0 Å². The van der Waals surface area contributed by atoms with Crippen molar-refractivity contribution in [1.29, 1.82) is 0 Å². The van der Waals surface area contributed by atoms with Crippen molar-refractivity contribution in [3.8, 4) is 5.75 Å². The van der Waals surface area contributed by atoms with Gasteiger partial charge in [0.15, 0.2) is 0 Å². The molecule has 0 N–H and O–H groups in total. The number of hydrogen-bond acceptors (Lipinski definition) is 4. The van der Waals surface area contributed by atoms with Gasteiger partial charge < -0.3 is 14.5 Å². The van der Waals surface area contributed by atoms with Crippen LogP contribution in [0.2, 0.25) is 0 Å². The molecular formula is C18H23N3O2. The lowest BCUT2D eigenvalue weighted by atomic mass is 10.1. The number of para-hydroxylation sites is 1. The average Bonchev–Trinajstić information content (AvgIpc) is 2.60. The van der Waals surface area contributed by atoms with E-state index in [1.165, 1.54) is 5.56 Å². The summed E-state index contributed by atoms with van der Waals surface area (Å²) in [6.45, 7) is 7.17. The smallest absolute Gasteiger partial charge is 0.222 e. The Morgan fingerprint density at radius 1 is 1.26 bits per heavy atom. The zero-order valence-corrected chi connectivity index (χ0v) is 14.0. The molecule has 1 aromatic heterocycles. The normalized spacial score (nSPS) is 15.1. The Morgan fingerprint density at radius 3 is 2.65 bits per heavy atom. The molecule has 1 amide bonds. The Hall–Kier alpha value is -2.30. The average molecular weight is 313 g/mol. The van der Waals surface area contributed by atoms with E-state index in [0.29, 0.717) is 6.42 Å². The number of carbonyl (C=O) groups excluding carboxylic acids is 1. The van der Waals surface area contributed by atoms with E-state index >= 15 is 0 Å². The van der Waals surface area contributed by atoms with Crippen molar-refractivity contribution < 1.29 is 9.53 Å². The minimum Gasteiger partial charge on any atom is -0.494 e. The number of amides is 1. The fourth-order valence-corrected chi connectivity index (χ4v) is 3.11. The van der Waals surface area contributed by atoms with Crippen LogP contribution in [0.15, 0.2) is 24.3 Å². The second kappa shape index (κ2) is 6.44. The monoisotopic (exact) mass is 313 g/mol. The topological polar surface area (TPSA) is 45.7 Å². The first-order valence-corrected chi connectivity index (χ1v) is 8.11. The molecule has 2 aromatic rings. The van der Waals surface area contributed by atoms with Gasteiger partial charge in [-0.3, -0.25) is 4.79 Å². The molecule has 122 valence electrons. The lowest BCUT2D eigenvalue weighted by Crippen LogP contribution is -2.48. The van der Waals surface area contributed by atoms with Crippen LogP contribution in [0, 0.1) is 6.92 Å². The van der Waals surface area contributed by atoms with Crippen molar-refractivity contribution in [2.24, 2.45) is 0 Å². The predicted octanol–water partition coefficient (Wildman–Crippen LogP) is 2.61. The number of methoxy groups -OCH3 is 1. The molecule has 5 nitrogen and oxygen atoms in total. The number of pyridine rings is 1. The zero-order valence-electron chi connectivity index (χ0n) is 14.0. The van der Waals surface area contributed by atoms with Gasteiger partial charge in [0.1, 0.15) is 17.1 Å². The largest absolute Gasteiger partial charge is 0.494 e. The van der Waals surface area contributed by atoms with Crippen LogP contribution in [-0.2, 0) is 4.79 Å². The third-order valence-electron chi connectivity index (χ3n) is 4.47. The second-order valence-electron chi connectivity index (χ2n) is 5.88. The van der Waals surface area contributed by atoms with Crippen molar-refractivity contribution in [1.82, 2.24) is 9.88 Å². The van der Waals surface area contributed by atoms with Gasteiger partial charge in [0.2, 0.25) is 5.91 Å². The fourth-order valence-electron chi connectivity index (χ4n) is 3.11. The van der Waals surface area contributed by atoms with Crippen LogP contribution >= 0.6 is 0 Å². The highest BCUT2D eigenvalue weighted by Crippen LogP contribution is 2.29. The summed E-state index contributed by atoms with van der Waals surface area (Å²) in [6, 6.07) is 8.13. The van der Waals surface area contributed by atoms with Crippen molar-refractivity contribution in [3.63, 3.8) is 0 Å². The number of piperazine rings is 1. The fraction of sp³-hybridized carbons (Fsp3) is 0.444. The molecule has 3 rings (SSSR count). The summed E-state index contributed by atoms with van der Waals surface area (Å²) in [4.78, 5) is 20.8. The number of fused-ring (bicyclic) bond motifs is 1. The van der Waals surface area contributed by atoms with E-state index in [1.807, 2.05) is 24.0 Å². The Kier molecular flexibility index (Phi) is 4.37. The Bertz CT molecular complexity index is 722. The highest BCUT2D eigenvalue weighted by molar-refractivity contribution is 5.89. The quantitative estimate of drug-likeness (QED) is 0.874. The number of nitrogens with zero attached hydrogens (tertiary/aromatic N) is 3. The molecule has 5 heteroatoms. The summed E-state index contributed by atoms with van der Waals surface area (Å²) in [5.41, 5.74) is 2.09. The number of aromatic nitrogens is 1. The van der Waals surface area contributed by atoms with E-state index in [4.69, 9.17) is 9.72 Å². The first kappa shape index (κ1) is 15.6. The molecule has 1 fully saturated rings. The molecule has 0 saturated carbocycles. The van der Waals surface area contributed by atoms with Crippen molar-refractivity contribution in [2.75, 3.05) is 38.2 Å². The number of benzene rings is 1. The maximum absolute atomic E-state index is 11.8. The highest BCUT2D eigenvalue weighted by atomic mass is 16.5. The van der Waals surface area contributed by atoms with E-state index < -0.39 is 0 Å². The molecule has 0 spiro atoms. The maximum Gasteiger partial charge on any atom is 0.222 e. The van der Waals surface area contributed by atoms with E-state index in [1.54, 1.807) is 7.11 Å². The molecule has 23 heavy (non-hydrogen) atoms. The Morgan fingerprint density at radius 2 is 2.00 bits per heavy atom. The number of carbonyl (C=O) groups is 1. The van der Waals surface area contributed by atoms with E-state index in [0.717, 1.165) is 48.6 Å². The van der Waals surface area contributed by atoms with Gasteiger partial charge in [-0.1, -0.05) is 19.1 Å². The molecule has 1 aromatic carbocycles. The second-order valence-corrected chi connectivity index (χ2v) is 5.88. The number of anilines is 1. The van der Waals surface area contributed by atoms with Crippen LogP contribution < -0.4 is 9.64 Å². The Labute approximate surface area is 136 Å². The molecule has 1 aliphatic heterocycles. The first-order chi connectivity index (χ1) is 11.1. The maximum atomic E-state index is 11.8. The molecule has 0 bridgehead atoms. The van der Waals surface area contributed by atoms with Crippen molar-refractivity contribution in [2.45, 2.75) is 20.3 Å². The van der Waals surface area contributed by atoms with Crippen LogP contribution in [0.1, 0.15) is 18.9 Å². The number of hydrogen-bond donors (Lipinski definition) is 0. The van der Waals surface area contributed by atoms with Gasteiger partial charge in [-0.25, -0.2) is 4.98 Å². The van der Waals surface area contributed by atoms with Crippen molar-refractivity contribution >= 4 is 22.6 Å². The third-order valence-corrected chi connectivity index (χ3v) is 4.47. The van der Waals surface area contributed by atoms with Gasteiger partial charge >= 0.3 is 0 Å². The third kappa shape index (κ3) is 2.96. The zero-order chi connectivity index (χ0) is 16.4. The van der Waals surface area contributed by atoms with E-state index in [2.05, 4.69) is 24.0 Å². The van der Waals surface area contributed by atoms with Crippen molar-refractivity contribution in [3.05, 3.63) is 29.8 Å². The minimum atomic E-state index is 0.231. The summed E-state index contributed by atoms with van der Waals surface area (Å²) >= 11 is 0. The van der Waals surface area contributed by atoms with Crippen LogP contribution in [0.5, 0.6) is 5.75 Å². The molecule has 2 heterocycles. The molecule has 0 atom stereocenters. The number of rotatable bonds is 3. The molecular weight excluding hydrogens is 290 g/mol. The highest BCUT2D eigenvalue weighted by Gasteiger charge is 2.21. The van der Waals surface area contributed by atoms with Gasteiger partial charge in [-0.05, 0) is 24.6 Å². The standard InChI is InChI=1S/C18H23N3O2/c1-4-17(22)21-10-8-20(9-11-21)16-12-13(2)14-6-5-7-15(23-3)18(14)19-16/h5-7,12H,4,8-11H2,1-3H3. The van der Waals surface area contributed by atoms with Crippen LogP contribution in [0.4, 0.5) is 5.82 Å². The van der Waals surface area contributed by atoms with Crippen LogP contribution in [0.3, 0.4) is 0 Å². The summed E-state index contributed by atoms with van der Waals surface area (Å²) in [5.74, 6) is 1.99.